The first-order chi connectivity index (χ1) is 10.2. The van der Waals surface area contributed by atoms with Crippen molar-refractivity contribution in [3.8, 4) is 0 Å². The summed E-state index contributed by atoms with van der Waals surface area (Å²) >= 11 is 0. The molecule has 1 aliphatic rings. The van der Waals surface area contributed by atoms with E-state index in [1.54, 1.807) is 19.2 Å². The summed E-state index contributed by atoms with van der Waals surface area (Å²) in [4.78, 5) is 2.45. The highest BCUT2D eigenvalue weighted by molar-refractivity contribution is 5.22. The molecule has 0 bridgehead atoms. The molecule has 1 fully saturated rings. The van der Waals surface area contributed by atoms with Crippen molar-refractivity contribution >= 4 is 0 Å². The second-order valence-electron chi connectivity index (χ2n) is 6.02. The lowest BCUT2D eigenvalue weighted by Crippen LogP contribution is -2.27. The lowest BCUT2D eigenvalue weighted by molar-refractivity contribution is 0.297. The normalized spacial score (nSPS) is 20.9. The molecule has 0 amide bonds. The standard InChI is InChI=1S/C17H26F2N2/c1-3-5-13-8-10-21(12-13)11-9-16(20-2)14-6-4-7-15(18)17(14)19/h4,6-7,13,16,20H,3,5,8-12H2,1-2H3. The second kappa shape index (κ2) is 7.85. The molecule has 1 heterocycles. The molecule has 2 rings (SSSR count). The van der Waals surface area contributed by atoms with E-state index in [1.807, 2.05) is 0 Å². The van der Waals surface area contributed by atoms with E-state index in [2.05, 4.69) is 17.1 Å². The van der Waals surface area contributed by atoms with E-state index >= 15 is 0 Å². The number of halogens is 2. The largest absolute Gasteiger partial charge is 0.313 e. The van der Waals surface area contributed by atoms with E-state index in [1.165, 1.54) is 25.3 Å². The van der Waals surface area contributed by atoms with Crippen LogP contribution in [0.1, 0.15) is 44.2 Å². The summed E-state index contributed by atoms with van der Waals surface area (Å²) in [5, 5.41) is 3.11. The van der Waals surface area contributed by atoms with Gasteiger partial charge in [0.15, 0.2) is 11.6 Å². The zero-order valence-corrected chi connectivity index (χ0v) is 13.0. The molecule has 21 heavy (non-hydrogen) atoms. The van der Waals surface area contributed by atoms with Crippen LogP contribution < -0.4 is 5.32 Å². The van der Waals surface area contributed by atoms with Gasteiger partial charge < -0.3 is 10.2 Å². The van der Waals surface area contributed by atoms with Crippen LogP contribution in [0.5, 0.6) is 0 Å². The molecule has 0 aliphatic carbocycles. The molecule has 1 N–H and O–H groups in total. The Hall–Kier alpha value is -1.00. The van der Waals surface area contributed by atoms with Gasteiger partial charge in [-0.25, -0.2) is 8.78 Å². The molecule has 4 heteroatoms. The van der Waals surface area contributed by atoms with E-state index in [4.69, 9.17) is 0 Å². The van der Waals surface area contributed by atoms with Crippen molar-refractivity contribution in [1.29, 1.82) is 0 Å². The highest BCUT2D eigenvalue weighted by Gasteiger charge is 2.23. The van der Waals surface area contributed by atoms with Gasteiger partial charge >= 0.3 is 0 Å². The van der Waals surface area contributed by atoms with Crippen LogP contribution in [-0.4, -0.2) is 31.6 Å². The number of nitrogens with one attached hydrogen (secondary N) is 1. The van der Waals surface area contributed by atoms with Crippen molar-refractivity contribution in [3.05, 3.63) is 35.4 Å². The first-order valence-corrected chi connectivity index (χ1v) is 7.99. The molecule has 2 atom stereocenters. The molecular weight excluding hydrogens is 270 g/mol. The van der Waals surface area contributed by atoms with E-state index in [0.717, 1.165) is 32.0 Å². The minimum absolute atomic E-state index is 0.133. The van der Waals surface area contributed by atoms with Gasteiger partial charge in [-0.1, -0.05) is 25.5 Å². The molecule has 1 aliphatic heterocycles. The summed E-state index contributed by atoms with van der Waals surface area (Å²) in [6.07, 6.45) is 4.61. The smallest absolute Gasteiger partial charge is 0.163 e. The Balaban J connectivity index is 1.90. The fraction of sp³-hybridized carbons (Fsp3) is 0.647. The molecule has 0 saturated carbocycles. The van der Waals surface area contributed by atoms with Crippen LogP contribution in [0.4, 0.5) is 8.78 Å². The lowest BCUT2D eigenvalue weighted by atomic mass is 10.0. The Bertz CT molecular complexity index is 450. The minimum atomic E-state index is -0.767. The predicted octanol–water partition coefficient (Wildman–Crippen LogP) is 3.74. The Morgan fingerprint density at radius 3 is 2.90 bits per heavy atom. The van der Waals surface area contributed by atoms with Gasteiger partial charge in [0.2, 0.25) is 0 Å². The van der Waals surface area contributed by atoms with E-state index in [9.17, 15) is 8.78 Å². The molecule has 1 saturated heterocycles. The topological polar surface area (TPSA) is 15.3 Å². The number of hydrogen-bond acceptors (Lipinski definition) is 2. The predicted molar refractivity (Wildman–Crippen MR) is 82.2 cm³/mol. The third-order valence-electron chi connectivity index (χ3n) is 4.51. The zero-order chi connectivity index (χ0) is 15.2. The van der Waals surface area contributed by atoms with Gasteiger partial charge in [-0.05, 0) is 51.4 Å². The van der Waals surface area contributed by atoms with Gasteiger partial charge in [0.1, 0.15) is 0 Å². The van der Waals surface area contributed by atoms with Crippen LogP contribution in [-0.2, 0) is 0 Å². The number of nitrogens with zero attached hydrogens (tertiary/aromatic N) is 1. The van der Waals surface area contributed by atoms with Crippen molar-refractivity contribution < 1.29 is 8.78 Å². The molecule has 2 nitrogen and oxygen atoms in total. The van der Waals surface area contributed by atoms with Crippen molar-refractivity contribution in [2.75, 3.05) is 26.7 Å². The summed E-state index contributed by atoms with van der Waals surface area (Å²) in [6, 6.07) is 4.28. The van der Waals surface area contributed by atoms with E-state index < -0.39 is 11.6 Å². The Morgan fingerprint density at radius 2 is 2.19 bits per heavy atom. The summed E-state index contributed by atoms with van der Waals surface area (Å²) < 4.78 is 27.2. The zero-order valence-electron chi connectivity index (χ0n) is 13.0. The number of likely N-dealkylation sites (tertiary alicyclic amines) is 1. The highest BCUT2D eigenvalue weighted by Crippen LogP contribution is 2.25. The Kier molecular flexibility index (Phi) is 6.12. The average molecular weight is 296 g/mol. The third kappa shape index (κ3) is 4.24. The van der Waals surface area contributed by atoms with Crippen LogP contribution in [0, 0.1) is 17.6 Å². The quantitative estimate of drug-likeness (QED) is 0.824. The van der Waals surface area contributed by atoms with Gasteiger partial charge in [-0.2, -0.15) is 0 Å². The summed E-state index contributed by atoms with van der Waals surface area (Å²) in [6.45, 7) is 5.44. The van der Waals surface area contributed by atoms with Crippen molar-refractivity contribution in [3.63, 3.8) is 0 Å². The highest BCUT2D eigenvalue weighted by atomic mass is 19.2. The number of rotatable bonds is 7. The Labute approximate surface area is 126 Å². The Morgan fingerprint density at radius 1 is 1.38 bits per heavy atom. The van der Waals surface area contributed by atoms with Crippen LogP contribution in [0.25, 0.3) is 0 Å². The van der Waals surface area contributed by atoms with Gasteiger partial charge in [0.25, 0.3) is 0 Å². The summed E-state index contributed by atoms with van der Waals surface area (Å²) in [5.41, 5.74) is 0.432. The van der Waals surface area contributed by atoms with Crippen LogP contribution in [0.15, 0.2) is 18.2 Å². The molecule has 1 aromatic rings. The van der Waals surface area contributed by atoms with Crippen molar-refractivity contribution in [2.24, 2.45) is 5.92 Å². The van der Waals surface area contributed by atoms with Crippen molar-refractivity contribution in [1.82, 2.24) is 10.2 Å². The summed E-state index contributed by atoms with van der Waals surface area (Å²) in [7, 11) is 1.80. The minimum Gasteiger partial charge on any atom is -0.313 e. The molecule has 118 valence electrons. The van der Waals surface area contributed by atoms with Crippen molar-refractivity contribution in [2.45, 2.75) is 38.6 Å². The van der Waals surface area contributed by atoms with Gasteiger partial charge in [0.05, 0.1) is 0 Å². The molecular formula is C17H26F2N2. The van der Waals surface area contributed by atoms with E-state index in [-0.39, 0.29) is 6.04 Å². The molecule has 0 radical (unpaired) electrons. The number of benzene rings is 1. The van der Waals surface area contributed by atoms with Crippen LogP contribution >= 0.6 is 0 Å². The second-order valence-corrected chi connectivity index (χ2v) is 6.02. The SMILES string of the molecule is CCCC1CCN(CCC(NC)c2cccc(F)c2F)C1. The van der Waals surface area contributed by atoms with Gasteiger partial charge in [-0.15, -0.1) is 0 Å². The molecule has 1 aromatic carbocycles. The van der Waals surface area contributed by atoms with E-state index in [0.29, 0.717) is 5.56 Å². The lowest BCUT2D eigenvalue weighted by Gasteiger charge is -2.22. The average Bonchev–Trinajstić information content (AvgIpc) is 2.92. The molecule has 0 aromatic heterocycles. The molecule has 0 spiro atoms. The summed E-state index contributed by atoms with van der Waals surface area (Å²) in [5.74, 6) is -0.673. The maximum atomic E-state index is 13.9. The fourth-order valence-electron chi connectivity index (χ4n) is 3.32. The first kappa shape index (κ1) is 16.4. The maximum Gasteiger partial charge on any atom is 0.163 e. The molecule has 2 unspecified atom stereocenters. The fourth-order valence-corrected chi connectivity index (χ4v) is 3.32. The monoisotopic (exact) mass is 296 g/mol. The van der Waals surface area contributed by atoms with Crippen LogP contribution in [0.3, 0.4) is 0 Å². The van der Waals surface area contributed by atoms with Crippen LogP contribution in [0.2, 0.25) is 0 Å². The number of hydrogen-bond donors (Lipinski definition) is 1. The van der Waals surface area contributed by atoms with Gasteiger partial charge in [-0.3, -0.25) is 0 Å². The van der Waals surface area contributed by atoms with Gasteiger partial charge in [0, 0.05) is 18.2 Å². The first-order valence-electron chi connectivity index (χ1n) is 7.99. The third-order valence-corrected chi connectivity index (χ3v) is 4.51. The maximum absolute atomic E-state index is 13.9.